The molecule has 0 aliphatic carbocycles. The summed E-state index contributed by atoms with van der Waals surface area (Å²) >= 11 is 2.85. The Morgan fingerprint density at radius 2 is 1.15 bits per heavy atom. The fraction of sp³-hybridized carbons (Fsp3) is 0.0769. The van der Waals surface area contributed by atoms with Gasteiger partial charge in [0, 0.05) is 17.7 Å². The molecule has 1 atom stereocenters. The molecular formula is C13H5BrF6. The zero-order valence-electron chi connectivity index (χ0n) is 9.53. The van der Waals surface area contributed by atoms with Gasteiger partial charge in [-0.25, -0.2) is 26.3 Å². The van der Waals surface area contributed by atoms with Crippen LogP contribution in [0.3, 0.4) is 0 Å². The van der Waals surface area contributed by atoms with Crippen molar-refractivity contribution in [2.75, 3.05) is 0 Å². The van der Waals surface area contributed by atoms with E-state index < -0.39 is 45.3 Å². The summed E-state index contributed by atoms with van der Waals surface area (Å²) in [5.41, 5.74) is -0.873. The van der Waals surface area contributed by atoms with Crippen molar-refractivity contribution in [3.63, 3.8) is 0 Å². The minimum absolute atomic E-state index is 0.245. The molecule has 106 valence electrons. The molecule has 2 aromatic rings. The second-order valence-corrected chi connectivity index (χ2v) is 4.86. The first kappa shape index (κ1) is 14.9. The first-order chi connectivity index (χ1) is 9.31. The highest BCUT2D eigenvalue weighted by molar-refractivity contribution is 9.09. The Hall–Kier alpha value is -1.50. The van der Waals surface area contributed by atoms with Gasteiger partial charge in [0.1, 0.15) is 17.5 Å². The summed E-state index contributed by atoms with van der Waals surface area (Å²) in [7, 11) is 0. The van der Waals surface area contributed by atoms with Gasteiger partial charge in [-0.2, -0.15) is 0 Å². The van der Waals surface area contributed by atoms with Crippen LogP contribution in [0.2, 0.25) is 0 Å². The van der Waals surface area contributed by atoms with Gasteiger partial charge in [-0.3, -0.25) is 0 Å². The van der Waals surface area contributed by atoms with Crippen molar-refractivity contribution in [2.45, 2.75) is 4.83 Å². The van der Waals surface area contributed by atoms with Crippen LogP contribution < -0.4 is 0 Å². The van der Waals surface area contributed by atoms with Gasteiger partial charge in [0.05, 0.1) is 4.83 Å². The van der Waals surface area contributed by atoms with E-state index in [1.165, 1.54) is 0 Å². The molecule has 0 spiro atoms. The molecule has 0 aliphatic rings. The highest BCUT2D eigenvalue weighted by atomic mass is 79.9. The minimum Gasteiger partial charge on any atom is -0.207 e. The number of alkyl halides is 1. The number of hydrogen-bond acceptors (Lipinski definition) is 0. The summed E-state index contributed by atoms with van der Waals surface area (Å²) in [6.07, 6.45) is 0. The highest BCUT2D eigenvalue weighted by Gasteiger charge is 2.23. The molecule has 0 N–H and O–H groups in total. The van der Waals surface area contributed by atoms with Crippen LogP contribution in [0.1, 0.15) is 16.0 Å². The zero-order valence-corrected chi connectivity index (χ0v) is 11.1. The topological polar surface area (TPSA) is 0 Å². The Bertz CT molecular complexity index is 624. The third-order valence-corrected chi connectivity index (χ3v) is 3.58. The van der Waals surface area contributed by atoms with Gasteiger partial charge in [0.15, 0.2) is 17.5 Å². The normalized spacial score (nSPS) is 12.6. The molecule has 2 aromatic carbocycles. The standard InChI is InChI=1S/C13H5BrF6/c14-12(5-1-9(18)13(20)10(19)2-5)11-7(16)3-6(15)4-8(11)17/h1-4,12H. The van der Waals surface area contributed by atoms with Crippen LogP contribution in [-0.2, 0) is 0 Å². The van der Waals surface area contributed by atoms with Gasteiger partial charge >= 0.3 is 0 Å². The summed E-state index contributed by atoms with van der Waals surface area (Å²) in [5.74, 6) is -8.25. The quantitative estimate of drug-likeness (QED) is 0.404. The minimum atomic E-state index is -1.69. The van der Waals surface area contributed by atoms with E-state index in [-0.39, 0.29) is 5.56 Å². The number of halogens is 7. The second kappa shape index (κ2) is 5.47. The van der Waals surface area contributed by atoms with Gasteiger partial charge in [-0.1, -0.05) is 15.9 Å². The fourth-order valence-corrected chi connectivity index (χ4v) is 2.39. The van der Waals surface area contributed by atoms with E-state index in [1.807, 2.05) is 0 Å². The largest absolute Gasteiger partial charge is 0.207 e. The van der Waals surface area contributed by atoms with Crippen LogP contribution in [-0.4, -0.2) is 0 Å². The second-order valence-electron chi connectivity index (χ2n) is 3.94. The summed E-state index contributed by atoms with van der Waals surface area (Å²) < 4.78 is 78.9. The molecule has 0 saturated heterocycles. The van der Waals surface area contributed by atoms with E-state index in [0.29, 0.717) is 24.3 Å². The van der Waals surface area contributed by atoms with Crippen LogP contribution in [0.5, 0.6) is 0 Å². The van der Waals surface area contributed by atoms with E-state index in [2.05, 4.69) is 15.9 Å². The fourth-order valence-electron chi connectivity index (χ4n) is 1.68. The molecule has 0 bridgehead atoms. The van der Waals surface area contributed by atoms with Crippen molar-refractivity contribution in [1.29, 1.82) is 0 Å². The van der Waals surface area contributed by atoms with Crippen LogP contribution in [0.25, 0.3) is 0 Å². The lowest BCUT2D eigenvalue weighted by atomic mass is 10.0. The van der Waals surface area contributed by atoms with Crippen molar-refractivity contribution in [3.8, 4) is 0 Å². The maximum atomic E-state index is 13.6. The summed E-state index contributed by atoms with van der Waals surface area (Å²) in [4.78, 5) is -1.30. The van der Waals surface area contributed by atoms with Gasteiger partial charge < -0.3 is 0 Å². The molecule has 0 saturated carbocycles. The molecule has 0 amide bonds. The summed E-state index contributed by atoms with van der Waals surface area (Å²) in [6, 6.07) is 2.06. The monoisotopic (exact) mass is 354 g/mol. The first-order valence-electron chi connectivity index (χ1n) is 5.24. The molecule has 0 fully saturated rings. The van der Waals surface area contributed by atoms with Crippen molar-refractivity contribution in [1.82, 2.24) is 0 Å². The predicted octanol–water partition coefficient (Wildman–Crippen LogP) is 5.01. The molecule has 0 heterocycles. The van der Waals surface area contributed by atoms with Crippen LogP contribution in [0.4, 0.5) is 26.3 Å². The Kier molecular flexibility index (Phi) is 4.08. The number of benzene rings is 2. The van der Waals surface area contributed by atoms with Gasteiger partial charge in [0.25, 0.3) is 0 Å². The molecule has 0 nitrogen and oxygen atoms in total. The molecule has 0 aliphatic heterocycles. The third-order valence-electron chi connectivity index (χ3n) is 2.60. The maximum absolute atomic E-state index is 13.6. The molecule has 0 aromatic heterocycles. The SMILES string of the molecule is Fc1cc(F)c(C(Br)c2cc(F)c(F)c(F)c2)c(F)c1. The van der Waals surface area contributed by atoms with Crippen molar-refractivity contribution in [2.24, 2.45) is 0 Å². The summed E-state index contributed by atoms with van der Waals surface area (Å²) in [5, 5.41) is 0. The van der Waals surface area contributed by atoms with Crippen molar-refractivity contribution in [3.05, 3.63) is 70.3 Å². The lowest BCUT2D eigenvalue weighted by molar-refractivity contribution is 0.445. The lowest BCUT2D eigenvalue weighted by Gasteiger charge is -2.13. The van der Waals surface area contributed by atoms with Crippen molar-refractivity contribution < 1.29 is 26.3 Å². The first-order valence-corrected chi connectivity index (χ1v) is 6.15. The number of hydrogen-bond donors (Lipinski definition) is 0. The molecule has 7 heteroatoms. The molecule has 20 heavy (non-hydrogen) atoms. The van der Waals surface area contributed by atoms with Gasteiger partial charge in [0.2, 0.25) is 0 Å². The zero-order chi connectivity index (χ0) is 15.0. The molecule has 1 unspecified atom stereocenters. The Balaban J connectivity index is 2.55. The highest BCUT2D eigenvalue weighted by Crippen LogP contribution is 2.35. The van der Waals surface area contributed by atoms with Crippen molar-refractivity contribution >= 4 is 15.9 Å². The maximum Gasteiger partial charge on any atom is 0.194 e. The van der Waals surface area contributed by atoms with E-state index in [4.69, 9.17) is 0 Å². The average Bonchev–Trinajstić information content (AvgIpc) is 2.33. The van der Waals surface area contributed by atoms with E-state index in [1.54, 1.807) is 0 Å². The van der Waals surface area contributed by atoms with Crippen LogP contribution in [0, 0.1) is 34.9 Å². The van der Waals surface area contributed by atoms with E-state index in [0.717, 1.165) is 0 Å². The molecule has 2 rings (SSSR count). The summed E-state index contributed by atoms with van der Waals surface area (Å²) in [6.45, 7) is 0. The molecular weight excluding hydrogens is 350 g/mol. The van der Waals surface area contributed by atoms with Crippen LogP contribution in [0.15, 0.2) is 24.3 Å². The lowest BCUT2D eigenvalue weighted by Crippen LogP contribution is -2.04. The number of rotatable bonds is 2. The third kappa shape index (κ3) is 2.67. The van der Waals surface area contributed by atoms with E-state index >= 15 is 0 Å². The predicted molar refractivity (Wildman–Crippen MR) is 63.4 cm³/mol. The van der Waals surface area contributed by atoms with E-state index in [9.17, 15) is 26.3 Å². The van der Waals surface area contributed by atoms with Gasteiger partial charge in [-0.15, -0.1) is 0 Å². The average molecular weight is 355 g/mol. The van der Waals surface area contributed by atoms with Gasteiger partial charge in [-0.05, 0) is 17.7 Å². The van der Waals surface area contributed by atoms with Crippen LogP contribution >= 0.6 is 15.9 Å². The Labute approximate surface area is 118 Å². The Morgan fingerprint density at radius 3 is 1.60 bits per heavy atom. The molecule has 0 radical (unpaired) electrons. The smallest absolute Gasteiger partial charge is 0.194 e. The Morgan fingerprint density at radius 1 is 0.700 bits per heavy atom.